The Morgan fingerprint density at radius 1 is 0.969 bits per heavy atom. The molecule has 0 bridgehead atoms. The van der Waals surface area contributed by atoms with Gasteiger partial charge in [0, 0.05) is 31.1 Å². The third-order valence-corrected chi connectivity index (χ3v) is 9.07. The third-order valence-electron chi connectivity index (χ3n) is 7.18. The summed E-state index contributed by atoms with van der Waals surface area (Å²) in [5, 5.41) is 0. The molecule has 0 unspecified atom stereocenters. The predicted octanol–water partition coefficient (Wildman–Crippen LogP) is 4.68. The van der Waals surface area contributed by atoms with Crippen molar-refractivity contribution < 1.29 is 26.4 Å². The van der Waals surface area contributed by atoms with Crippen LogP contribution >= 0.6 is 0 Å². The van der Waals surface area contributed by atoms with Crippen LogP contribution in [0.2, 0.25) is 0 Å². The molecule has 0 N–H and O–H groups in total. The van der Waals surface area contributed by atoms with Crippen LogP contribution in [0.15, 0.2) is 29.2 Å². The summed E-state index contributed by atoms with van der Waals surface area (Å²) in [7, 11) is -4.04. The Bertz CT molecular complexity index is 930. The molecule has 2 saturated carbocycles. The molecule has 0 atom stereocenters. The maximum absolute atomic E-state index is 13.4. The van der Waals surface area contributed by atoms with E-state index in [1.165, 1.54) is 10.4 Å². The monoisotopic (exact) mass is 472 g/mol. The van der Waals surface area contributed by atoms with Gasteiger partial charge in [0.1, 0.15) is 0 Å². The molecule has 0 aromatic heterocycles. The standard InChI is InChI=1S/C23H31F3N2O3S/c1-16-5-7-19(8-6-16)28(20-9-10-20)22(29)17-11-13-27(14-12-17)32(30,31)21-4-2-3-18(15-21)23(24,25)26/h2-4,15-17,19-20H,5-14H2,1H3. The number of carbonyl (C=O) groups is 1. The molecule has 1 aromatic rings. The highest BCUT2D eigenvalue weighted by atomic mass is 32.2. The maximum atomic E-state index is 13.4. The molecule has 2 aliphatic carbocycles. The molecule has 5 nitrogen and oxygen atoms in total. The second-order valence-corrected chi connectivity index (χ2v) is 11.5. The second-order valence-electron chi connectivity index (χ2n) is 9.59. The molecule has 32 heavy (non-hydrogen) atoms. The molecule has 178 valence electrons. The number of nitrogens with zero attached hydrogens (tertiary/aromatic N) is 2. The van der Waals surface area contributed by atoms with Crippen LogP contribution in [-0.2, 0) is 21.0 Å². The molecule has 1 saturated heterocycles. The first-order chi connectivity index (χ1) is 15.1. The minimum atomic E-state index is -4.60. The van der Waals surface area contributed by atoms with Crippen LogP contribution in [0.5, 0.6) is 0 Å². The van der Waals surface area contributed by atoms with Gasteiger partial charge in [-0.1, -0.05) is 13.0 Å². The number of alkyl halides is 3. The van der Waals surface area contributed by atoms with Gasteiger partial charge in [0.2, 0.25) is 15.9 Å². The highest BCUT2D eigenvalue weighted by Gasteiger charge is 2.42. The quantitative estimate of drug-likeness (QED) is 0.626. The van der Waals surface area contributed by atoms with Crippen molar-refractivity contribution in [2.75, 3.05) is 13.1 Å². The molecule has 0 radical (unpaired) electrons. The fourth-order valence-corrected chi connectivity index (χ4v) is 6.58. The Balaban J connectivity index is 1.41. The summed E-state index contributed by atoms with van der Waals surface area (Å²) >= 11 is 0. The minimum Gasteiger partial charge on any atom is -0.336 e. The number of benzene rings is 1. The van der Waals surface area contributed by atoms with Crippen LogP contribution in [0, 0.1) is 11.8 Å². The van der Waals surface area contributed by atoms with Crippen LogP contribution < -0.4 is 0 Å². The van der Waals surface area contributed by atoms with Gasteiger partial charge in [0.05, 0.1) is 10.5 Å². The summed E-state index contributed by atoms with van der Waals surface area (Å²) < 4.78 is 66.1. The normalized spacial score (nSPS) is 26.1. The largest absolute Gasteiger partial charge is 0.416 e. The van der Waals surface area contributed by atoms with Gasteiger partial charge in [-0.3, -0.25) is 4.79 Å². The first-order valence-electron chi connectivity index (χ1n) is 11.6. The smallest absolute Gasteiger partial charge is 0.336 e. The van der Waals surface area contributed by atoms with Crippen molar-refractivity contribution in [3.05, 3.63) is 29.8 Å². The number of piperidine rings is 1. The number of carbonyl (C=O) groups excluding carboxylic acids is 1. The topological polar surface area (TPSA) is 57.7 Å². The highest BCUT2D eigenvalue weighted by molar-refractivity contribution is 7.89. The molecule has 1 heterocycles. The van der Waals surface area contributed by atoms with Crippen molar-refractivity contribution in [3.8, 4) is 0 Å². The lowest BCUT2D eigenvalue weighted by Gasteiger charge is -2.40. The van der Waals surface area contributed by atoms with E-state index in [1.807, 2.05) is 0 Å². The molecular formula is C23H31F3N2O3S. The van der Waals surface area contributed by atoms with Gasteiger partial charge < -0.3 is 4.90 Å². The number of halogens is 3. The van der Waals surface area contributed by atoms with Gasteiger partial charge in [0.15, 0.2) is 0 Å². The predicted molar refractivity (Wildman–Crippen MR) is 114 cm³/mol. The van der Waals surface area contributed by atoms with Crippen molar-refractivity contribution in [1.82, 2.24) is 9.21 Å². The van der Waals surface area contributed by atoms with Crippen molar-refractivity contribution in [2.24, 2.45) is 11.8 Å². The van der Waals surface area contributed by atoms with Crippen molar-refractivity contribution in [3.63, 3.8) is 0 Å². The molecule has 3 fully saturated rings. The van der Waals surface area contributed by atoms with Crippen LogP contribution in [0.4, 0.5) is 13.2 Å². The van der Waals surface area contributed by atoms with Crippen molar-refractivity contribution >= 4 is 15.9 Å². The third kappa shape index (κ3) is 4.98. The van der Waals surface area contributed by atoms with E-state index < -0.39 is 21.8 Å². The summed E-state index contributed by atoms with van der Waals surface area (Å²) in [6.45, 7) is 2.55. The molecule has 9 heteroatoms. The fraction of sp³-hybridized carbons (Fsp3) is 0.696. The van der Waals surface area contributed by atoms with Gasteiger partial charge >= 0.3 is 6.18 Å². The molecule has 0 spiro atoms. The van der Waals surface area contributed by atoms with E-state index in [-0.39, 0.29) is 35.9 Å². The number of rotatable bonds is 5. The molecule has 1 aromatic carbocycles. The van der Waals surface area contributed by atoms with Gasteiger partial charge in [-0.2, -0.15) is 17.5 Å². The van der Waals surface area contributed by atoms with E-state index >= 15 is 0 Å². The number of hydrogen-bond acceptors (Lipinski definition) is 3. The van der Waals surface area contributed by atoms with Crippen LogP contribution in [0.3, 0.4) is 0 Å². The Labute approximate surface area is 188 Å². The Morgan fingerprint density at radius 3 is 2.06 bits per heavy atom. The van der Waals surface area contributed by atoms with Crippen LogP contribution in [0.25, 0.3) is 0 Å². The lowest BCUT2D eigenvalue weighted by molar-refractivity contribution is -0.141. The summed E-state index contributed by atoms with van der Waals surface area (Å²) in [6.07, 6.45) is 2.63. The SMILES string of the molecule is CC1CCC(N(C(=O)C2CCN(S(=O)(=O)c3cccc(C(F)(F)F)c3)CC2)C2CC2)CC1. The summed E-state index contributed by atoms with van der Waals surface area (Å²) in [6, 6.07) is 4.48. The number of hydrogen-bond donors (Lipinski definition) is 0. The Hall–Kier alpha value is -1.61. The zero-order valence-corrected chi connectivity index (χ0v) is 19.2. The van der Waals surface area contributed by atoms with Crippen LogP contribution in [0.1, 0.15) is 63.9 Å². The summed E-state index contributed by atoms with van der Waals surface area (Å²) in [5.41, 5.74) is -0.981. The number of amides is 1. The second kappa shape index (κ2) is 8.97. The van der Waals surface area contributed by atoms with E-state index in [4.69, 9.17) is 0 Å². The first-order valence-corrected chi connectivity index (χ1v) is 13.0. The lowest BCUT2D eigenvalue weighted by atomic mass is 9.85. The Morgan fingerprint density at radius 2 is 1.53 bits per heavy atom. The Kier molecular flexibility index (Phi) is 6.60. The summed E-state index contributed by atoms with van der Waals surface area (Å²) in [4.78, 5) is 15.1. The van der Waals surface area contributed by atoms with Gasteiger partial charge in [0.25, 0.3) is 0 Å². The first kappa shape index (κ1) is 23.5. The van der Waals surface area contributed by atoms with Crippen molar-refractivity contribution in [2.45, 2.75) is 81.4 Å². The van der Waals surface area contributed by atoms with E-state index in [2.05, 4.69) is 11.8 Å². The van der Waals surface area contributed by atoms with Gasteiger partial charge in [-0.05, 0) is 75.5 Å². The summed E-state index contributed by atoms with van der Waals surface area (Å²) in [5.74, 6) is 0.623. The van der Waals surface area contributed by atoms with E-state index in [9.17, 15) is 26.4 Å². The average molecular weight is 473 g/mol. The molecule has 1 amide bonds. The van der Waals surface area contributed by atoms with E-state index in [0.29, 0.717) is 30.9 Å². The number of sulfonamides is 1. The van der Waals surface area contributed by atoms with E-state index in [0.717, 1.165) is 50.7 Å². The maximum Gasteiger partial charge on any atom is 0.416 e. The zero-order valence-electron chi connectivity index (χ0n) is 18.4. The molecule has 4 rings (SSSR count). The molecular weight excluding hydrogens is 441 g/mol. The zero-order chi connectivity index (χ0) is 23.1. The molecule has 3 aliphatic rings. The van der Waals surface area contributed by atoms with Crippen LogP contribution in [-0.4, -0.2) is 48.7 Å². The highest BCUT2D eigenvalue weighted by Crippen LogP contribution is 2.38. The van der Waals surface area contributed by atoms with Crippen molar-refractivity contribution in [1.29, 1.82) is 0 Å². The lowest BCUT2D eigenvalue weighted by Crippen LogP contribution is -2.49. The average Bonchev–Trinajstić information content (AvgIpc) is 3.60. The van der Waals surface area contributed by atoms with Gasteiger partial charge in [-0.25, -0.2) is 8.42 Å². The minimum absolute atomic E-state index is 0.142. The molecule has 1 aliphatic heterocycles. The van der Waals surface area contributed by atoms with E-state index in [1.54, 1.807) is 0 Å². The van der Waals surface area contributed by atoms with Gasteiger partial charge in [-0.15, -0.1) is 0 Å². The fourth-order valence-electron chi connectivity index (χ4n) is 5.07.